The Bertz CT molecular complexity index is 1390. The van der Waals surface area contributed by atoms with Gasteiger partial charge in [-0.15, -0.1) is 0 Å². The van der Waals surface area contributed by atoms with E-state index in [0.717, 1.165) is 26.0 Å². The second kappa shape index (κ2) is 9.99. The molecule has 1 saturated heterocycles. The highest BCUT2D eigenvalue weighted by Crippen LogP contribution is 2.37. The van der Waals surface area contributed by atoms with Crippen LogP contribution in [0.2, 0.25) is 0 Å². The summed E-state index contributed by atoms with van der Waals surface area (Å²) in [5, 5.41) is 40.5. The first-order valence-corrected chi connectivity index (χ1v) is 11.1. The first-order valence-electron chi connectivity index (χ1n) is 11.1. The molecule has 1 aromatic heterocycles. The Morgan fingerprint density at radius 3 is 2.16 bits per heavy atom. The predicted octanol–water partition coefficient (Wildman–Crippen LogP) is 1.92. The fourth-order valence-electron chi connectivity index (χ4n) is 4.06. The number of phenolic OH excluding ortho intramolecular Hbond substituents is 3. The summed E-state index contributed by atoms with van der Waals surface area (Å²) in [4.78, 5) is 36.8. The molecule has 2 heterocycles. The molecule has 3 aromatic rings. The van der Waals surface area contributed by atoms with E-state index >= 15 is 0 Å². The lowest BCUT2D eigenvalue weighted by Gasteiger charge is -2.41. The lowest BCUT2D eigenvalue weighted by atomic mass is 9.99. The molecule has 0 aliphatic carbocycles. The van der Waals surface area contributed by atoms with Gasteiger partial charge in [0.1, 0.15) is 28.2 Å². The van der Waals surface area contributed by atoms with Crippen LogP contribution < -0.4 is 10.2 Å². The maximum Gasteiger partial charge on any atom is 0.303 e. The molecule has 0 radical (unpaired) electrons. The minimum atomic E-state index is -1.72. The molecule has 0 saturated carbocycles. The van der Waals surface area contributed by atoms with Crippen LogP contribution in [0.25, 0.3) is 22.3 Å². The smallest absolute Gasteiger partial charge is 0.303 e. The fraction of sp³-hybridized carbons (Fsp3) is 0.320. The molecule has 12 heteroatoms. The topological polar surface area (TPSA) is 182 Å². The van der Waals surface area contributed by atoms with Gasteiger partial charge >= 0.3 is 11.9 Å². The molecule has 2 aromatic carbocycles. The van der Waals surface area contributed by atoms with Gasteiger partial charge in [0.25, 0.3) is 0 Å². The summed E-state index contributed by atoms with van der Waals surface area (Å²) in [7, 11) is 0. The average Bonchev–Trinajstić information content (AvgIpc) is 2.80. The third kappa shape index (κ3) is 5.15. The molecule has 37 heavy (non-hydrogen) atoms. The molecule has 0 amide bonds. The average molecular weight is 516 g/mol. The number of esters is 2. The van der Waals surface area contributed by atoms with E-state index in [0.29, 0.717) is 0 Å². The Balaban J connectivity index is 1.83. The third-order valence-electron chi connectivity index (χ3n) is 5.64. The Labute approximate surface area is 209 Å². The van der Waals surface area contributed by atoms with Crippen molar-refractivity contribution in [2.75, 3.05) is 0 Å². The molecule has 196 valence electrons. The Morgan fingerprint density at radius 1 is 0.919 bits per heavy atom. The number of rotatable bonds is 5. The first-order chi connectivity index (χ1) is 17.5. The maximum atomic E-state index is 13.5. The van der Waals surface area contributed by atoms with Crippen LogP contribution in [0, 0.1) is 0 Å². The van der Waals surface area contributed by atoms with E-state index in [1.54, 1.807) is 0 Å². The third-order valence-corrected chi connectivity index (χ3v) is 5.64. The molecule has 1 fully saturated rings. The molecule has 1 aliphatic heterocycles. The molecule has 1 aliphatic rings. The molecule has 4 rings (SSSR count). The zero-order valence-corrected chi connectivity index (χ0v) is 19.9. The van der Waals surface area contributed by atoms with E-state index in [4.69, 9.17) is 23.4 Å². The quantitative estimate of drug-likeness (QED) is 0.362. The molecule has 5 atom stereocenters. The van der Waals surface area contributed by atoms with Crippen molar-refractivity contribution in [2.24, 2.45) is 0 Å². The van der Waals surface area contributed by atoms with Crippen molar-refractivity contribution in [3.63, 3.8) is 0 Å². The van der Waals surface area contributed by atoms with E-state index in [-0.39, 0.29) is 33.8 Å². The van der Waals surface area contributed by atoms with E-state index in [1.807, 2.05) is 0 Å². The standard InChI is InChI=1S/C25H24O12/c1-10-21(34-11(2)26)24(35-12(3)27)20(32)25(33-10)37-23-19(31)18-16(30)8-15(29)9-17(18)36-22(23)13-4-6-14(28)7-5-13/h4-10,20-21,24-25,28-30,32H,1-3H3/t10?,20-,21-,24?,25-/m0/s1. The number of aliphatic hydroxyl groups is 1. The van der Waals surface area contributed by atoms with Crippen LogP contribution in [0.5, 0.6) is 23.0 Å². The number of hydrogen-bond donors (Lipinski definition) is 4. The number of ether oxygens (including phenoxy) is 4. The van der Waals surface area contributed by atoms with E-state index in [1.165, 1.54) is 31.2 Å². The summed E-state index contributed by atoms with van der Waals surface area (Å²) in [5.74, 6) is -3.14. The van der Waals surface area contributed by atoms with Crippen molar-refractivity contribution in [3.8, 4) is 34.3 Å². The van der Waals surface area contributed by atoms with E-state index in [9.17, 15) is 34.8 Å². The second-order valence-electron chi connectivity index (χ2n) is 8.44. The Morgan fingerprint density at radius 2 is 1.54 bits per heavy atom. The van der Waals surface area contributed by atoms with Gasteiger partial charge in [0.2, 0.25) is 17.5 Å². The molecular weight excluding hydrogens is 492 g/mol. The molecule has 0 spiro atoms. The van der Waals surface area contributed by atoms with Crippen LogP contribution >= 0.6 is 0 Å². The summed E-state index contributed by atoms with van der Waals surface area (Å²) in [6.45, 7) is 3.73. The van der Waals surface area contributed by atoms with E-state index < -0.39 is 59.6 Å². The summed E-state index contributed by atoms with van der Waals surface area (Å²) >= 11 is 0. The van der Waals surface area contributed by atoms with Crippen molar-refractivity contribution in [1.29, 1.82) is 0 Å². The van der Waals surface area contributed by atoms with Gasteiger partial charge in [-0.05, 0) is 31.2 Å². The largest absolute Gasteiger partial charge is 0.508 e. The minimum Gasteiger partial charge on any atom is -0.508 e. The number of aliphatic hydroxyl groups excluding tert-OH is 1. The van der Waals surface area contributed by atoms with Crippen molar-refractivity contribution < 1.29 is 53.4 Å². The van der Waals surface area contributed by atoms with Crippen LogP contribution in [0.4, 0.5) is 0 Å². The molecule has 0 bridgehead atoms. The molecule has 4 N–H and O–H groups in total. The van der Waals surface area contributed by atoms with Gasteiger partial charge in [0.15, 0.2) is 24.1 Å². The zero-order valence-electron chi connectivity index (χ0n) is 19.9. The molecular formula is C25H24O12. The number of phenols is 3. The number of fused-ring (bicyclic) bond motifs is 1. The van der Waals surface area contributed by atoms with Gasteiger partial charge < -0.3 is 43.8 Å². The lowest BCUT2D eigenvalue weighted by Crippen LogP contribution is -2.61. The van der Waals surface area contributed by atoms with E-state index in [2.05, 4.69) is 0 Å². The van der Waals surface area contributed by atoms with Crippen molar-refractivity contribution in [2.45, 2.75) is 51.5 Å². The summed E-state index contributed by atoms with van der Waals surface area (Å²) in [6, 6.07) is 7.58. The van der Waals surface area contributed by atoms with Crippen LogP contribution in [0.1, 0.15) is 20.8 Å². The highest BCUT2D eigenvalue weighted by Gasteiger charge is 2.49. The highest BCUT2D eigenvalue weighted by molar-refractivity contribution is 5.88. The lowest BCUT2D eigenvalue weighted by molar-refractivity contribution is -0.276. The summed E-state index contributed by atoms with van der Waals surface area (Å²) in [6.07, 6.45) is -6.85. The van der Waals surface area contributed by atoms with Gasteiger partial charge in [-0.1, -0.05) is 0 Å². The molecule has 12 nitrogen and oxygen atoms in total. The number of hydrogen-bond acceptors (Lipinski definition) is 12. The fourth-order valence-corrected chi connectivity index (χ4v) is 4.06. The van der Waals surface area contributed by atoms with Gasteiger partial charge in [-0.25, -0.2) is 0 Å². The van der Waals surface area contributed by atoms with Gasteiger partial charge in [-0.3, -0.25) is 14.4 Å². The van der Waals surface area contributed by atoms with Crippen LogP contribution in [0.3, 0.4) is 0 Å². The Hall–Kier alpha value is -4.29. The number of carbonyl (C=O) groups excluding carboxylic acids is 2. The second-order valence-corrected chi connectivity index (χ2v) is 8.44. The van der Waals surface area contributed by atoms with Crippen LogP contribution in [-0.2, 0) is 23.8 Å². The van der Waals surface area contributed by atoms with Crippen LogP contribution in [0.15, 0.2) is 45.6 Å². The monoisotopic (exact) mass is 516 g/mol. The highest BCUT2D eigenvalue weighted by atomic mass is 16.7. The SMILES string of the molecule is CC(=O)OC1[C@@H](OC(C)=O)C(C)O[C@@H](Oc2c(-c3ccc(O)cc3)oc3cc(O)cc(O)c3c2=O)[C@H]1O. The normalized spacial score (nSPS) is 23.4. The summed E-state index contributed by atoms with van der Waals surface area (Å²) < 4.78 is 27.7. The van der Waals surface area contributed by atoms with Gasteiger partial charge in [0.05, 0.1) is 6.10 Å². The number of carbonyl (C=O) groups is 2. The van der Waals surface area contributed by atoms with Gasteiger partial charge in [-0.2, -0.15) is 0 Å². The number of aromatic hydroxyl groups is 3. The van der Waals surface area contributed by atoms with Crippen molar-refractivity contribution in [3.05, 3.63) is 46.6 Å². The Kier molecular flexibility index (Phi) is 6.96. The minimum absolute atomic E-state index is 0.0646. The number of benzene rings is 2. The maximum absolute atomic E-state index is 13.5. The van der Waals surface area contributed by atoms with Crippen molar-refractivity contribution in [1.82, 2.24) is 0 Å². The van der Waals surface area contributed by atoms with Crippen LogP contribution in [-0.4, -0.2) is 63.1 Å². The zero-order chi connectivity index (χ0) is 27.0. The summed E-state index contributed by atoms with van der Waals surface area (Å²) in [5.41, 5.74) is -0.761. The first kappa shape index (κ1) is 25.8. The predicted molar refractivity (Wildman–Crippen MR) is 125 cm³/mol. The van der Waals surface area contributed by atoms with Crippen molar-refractivity contribution >= 4 is 22.9 Å². The molecule has 2 unspecified atom stereocenters. The van der Waals surface area contributed by atoms with Gasteiger partial charge in [0, 0.05) is 31.5 Å².